The van der Waals surface area contributed by atoms with Crippen LogP contribution in [-0.2, 0) is 0 Å². The van der Waals surface area contributed by atoms with Gasteiger partial charge in [-0.2, -0.15) is 0 Å². The Morgan fingerprint density at radius 3 is 2.09 bits per heavy atom. The Kier molecular flexibility index (Phi) is 6.40. The van der Waals surface area contributed by atoms with Crippen molar-refractivity contribution in [2.45, 2.75) is 89.4 Å². The van der Waals surface area contributed by atoms with Crippen molar-refractivity contribution in [1.82, 2.24) is 0 Å². The maximum absolute atomic E-state index is 2.39. The fraction of sp³-hybridized carbons (Fsp3) is 0.727. The Balaban J connectivity index is 1.56. The van der Waals surface area contributed by atoms with Gasteiger partial charge in [0.25, 0.3) is 0 Å². The van der Waals surface area contributed by atoms with E-state index in [0.29, 0.717) is 0 Å². The molecule has 122 valence electrons. The summed E-state index contributed by atoms with van der Waals surface area (Å²) in [5.41, 5.74) is 1.62. The molecular formula is C22H34. The molecule has 1 atom stereocenters. The van der Waals surface area contributed by atoms with Gasteiger partial charge in [0.2, 0.25) is 0 Å². The topological polar surface area (TPSA) is 0 Å². The molecule has 0 heteroatoms. The van der Waals surface area contributed by atoms with Gasteiger partial charge in [-0.3, -0.25) is 0 Å². The molecule has 0 radical (unpaired) electrons. The summed E-state index contributed by atoms with van der Waals surface area (Å²) in [5, 5.41) is 0. The number of hydrogen-bond acceptors (Lipinski definition) is 0. The lowest BCUT2D eigenvalue weighted by Crippen LogP contribution is -2.17. The zero-order valence-electron chi connectivity index (χ0n) is 14.3. The lowest BCUT2D eigenvalue weighted by molar-refractivity contribution is 0.275. The quantitative estimate of drug-likeness (QED) is 0.525. The molecule has 0 aliphatic heterocycles. The van der Waals surface area contributed by atoms with Gasteiger partial charge in [-0.05, 0) is 42.6 Å². The van der Waals surface area contributed by atoms with E-state index in [9.17, 15) is 0 Å². The highest BCUT2D eigenvalue weighted by atomic mass is 14.3. The van der Waals surface area contributed by atoms with Crippen LogP contribution in [0.25, 0.3) is 0 Å². The van der Waals surface area contributed by atoms with Gasteiger partial charge in [-0.15, -0.1) is 0 Å². The van der Waals surface area contributed by atoms with E-state index in [4.69, 9.17) is 0 Å². The molecule has 3 rings (SSSR count). The van der Waals surface area contributed by atoms with E-state index in [1.165, 1.54) is 83.5 Å². The Labute approximate surface area is 137 Å². The first kappa shape index (κ1) is 16.1. The molecule has 1 aromatic rings. The van der Waals surface area contributed by atoms with Gasteiger partial charge in [0.1, 0.15) is 0 Å². The van der Waals surface area contributed by atoms with Crippen LogP contribution in [0.15, 0.2) is 30.3 Å². The van der Waals surface area contributed by atoms with Crippen molar-refractivity contribution in [3.63, 3.8) is 0 Å². The lowest BCUT2D eigenvalue weighted by Gasteiger charge is -2.31. The van der Waals surface area contributed by atoms with Crippen molar-refractivity contribution < 1.29 is 0 Å². The molecule has 1 aromatic carbocycles. The fourth-order valence-corrected chi connectivity index (χ4v) is 5.01. The molecule has 22 heavy (non-hydrogen) atoms. The fourth-order valence-electron chi connectivity index (χ4n) is 5.01. The number of rotatable bonds is 6. The maximum Gasteiger partial charge on any atom is -0.0134 e. The standard InChI is InChI=1S/C22H34/c1-4-11-19(12-5-1)13-10-18-22(20-14-6-2-7-15-20)21-16-8-3-9-17-21/h2,6-7,14-15,19,21-22H,1,3-5,8-13,16-18H2. The Bertz CT molecular complexity index is 395. The molecule has 0 spiro atoms. The minimum atomic E-state index is 0.838. The third kappa shape index (κ3) is 4.61. The van der Waals surface area contributed by atoms with Crippen LogP contribution in [0.4, 0.5) is 0 Å². The molecule has 2 saturated carbocycles. The Hall–Kier alpha value is -0.780. The van der Waals surface area contributed by atoms with Crippen molar-refractivity contribution in [2.75, 3.05) is 0 Å². The molecule has 2 aliphatic rings. The van der Waals surface area contributed by atoms with Gasteiger partial charge in [-0.25, -0.2) is 0 Å². The average Bonchev–Trinajstić information content (AvgIpc) is 2.61. The first-order chi connectivity index (χ1) is 10.9. The predicted molar refractivity (Wildman–Crippen MR) is 96.2 cm³/mol. The third-order valence-corrected chi connectivity index (χ3v) is 6.30. The number of benzene rings is 1. The first-order valence-corrected chi connectivity index (χ1v) is 9.98. The predicted octanol–water partition coefficient (Wildman–Crippen LogP) is 7.10. The minimum absolute atomic E-state index is 0.838. The van der Waals surface area contributed by atoms with Crippen molar-refractivity contribution in [3.05, 3.63) is 35.9 Å². The van der Waals surface area contributed by atoms with E-state index < -0.39 is 0 Å². The van der Waals surface area contributed by atoms with Crippen molar-refractivity contribution in [3.8, 4) is 0 Å². The van der Waals surface area contributed by atoms with Crippen LogP contribution < -0.4 is 0 Å². The van der Waals surface area contributed by atoms with Crippen LogP contribution in [-0.4, -0.2) is 0 Å². The summed E-state index contributed by atoms with van der Waals surface area (Å²) in [4.78, 5) is 0. The zero-order valence-corrected chi connectivity index (χ0v) is 14.3. The van der Waals surface area contributed by atoms with Crippen molar-refractivity contribution in [2.24, 2.45) is 11.8 Å². The van der Waals surface area contributed by atoms with Crippen LogP contribution >= 0.6 is 0 Å². The normalized spacial score (nSPS) is 22.5. The lowest BCUT2D eigenvalue weighted by atomic mass is 9.74. The molecule has 0 saturated heterocycles. The largest absolute Gasteiger partial charge is 0.0622 e. The van der Waals surface area contributed by atoms with E-state index >= 15 is 0 Å². The second-order valence-corrected chi connectivity index (χ2v) is 7.85. The molecule has 0 N–H and O–H groups in total. The molecule has 2 aliphatic carbocycles. The summed E-state index contributed by atoms with van der Waals surface area (Å²) in [6.07, 6.45) is 19.3. The molecular weight excluding hydrogens is 264 g/mol. The van der Waals surface area contributed by atoms with E-state index in [1.807, 2.05) is 0 Å². The Morgan fingerprint density at radius 1 is 0.773 bits per heavy atom. The van der Waals surface area contributed by atoms with Gasteiger partial charge < -0.3 is 0 Å². The van der Waals surface area contributed by atoms with E-state index in [1.54, 1.807) is 5.56 Å². The zero-order chi connectivity index (χ0) is 15.0. The van der Waals surface area contributed by atoms with Gasteiger partial charge in [-0.1, -0.05) is 94.5 Å². The first-order valence-electron chi connectivity index (χ1n) is 9.98. The van der Waals surface area contributed by atoms with Gasteiger partial charge in [0.05, 0.1) is 0 Å². The van der Waals surface area contributed by atoms with Crippen molar-refractivity contribution >= 4 is 0 Å². The number of hydrogen-bond donors (Lipinski definition) is 0. The SMILES string of the molecule is c1ccc(C(CCCC2CCCCC2)C2CCCCC2)cc1. The van der Waals surface area contributed by atoms with E-state index in [0.717, 1.165) is 17.8 Å². The molecule has 2 fully saturated rings. The highest BCUT2D eigenvalue weighted by Crippen LogP contribution is 2.40. The summed E-state index contributed by atoms with van der Waals surface area (Å²) >= 11 is 0. The van der Waals surface area contributed by atoms with Gasteiger partial charge >= 0.3 is 0 Å². The Morgan fingerprint density at radius 2 is 1.41 bits per heavy atom. The van der Waals surface area contributed by atoms with E-state index in [-0.39, 0.29) is 0 Å². The van der Waals surface area contributed by atoms with Crippen LogP contribution in [0.5, 0.6) is 0 Å². The highest BCUT2D eigenvalue weighted by Gasteiger charge is 2.25. The third-order valence-electron chi connectivity index (χ3n) is 6.30. The second-order valence-electron chi connectivity index (χ2n) is 7.85. The molecule has 0 nitrogen and oxygen atoms in total. The maximum atomic E-state index is 2.39. The van der Waals surface area contributed by atoms with Crippen molar-refractivity contribution in [1.29, 1.82) is 0 Å². The smallest absolute Gasteiger partial charge is 0.0134 e. The van der Waals surface area contributed by atoms with Crippen LogP contribution in [0.1, 0.15) is 95.0 Å². The van der Waals surface area contributed by atoms with E-state index in [2.05, 4.69) is 30.3 Å². The van der Waals surface area contributed by atoms with Crippen LogP contribution in [0, 0.1) is 11.8 Å². The molecule has 0 bridgehead atoms. The average molecular weight is 299 g/mol. The van der Waals surface area contributed by atoms with Crippen LogP contribution in [0.3, 0.4) is 0 Å². The molecule has 0 amide bonds. The summed E-state index contributed by atoms with van der Waals surface area (Å²) < 4.78 is 0. The summed E-state index contributed by atoms with van der Waals surface area (Å²) in [7, 11) is 0. The minimum Gasteiger partial charge on any atom is -0.0622 e. The van der Waals surface area contributed by atoms with Gasteiger partial charge in [0, 0.05) is 0 Å². The second kappa shape index (κ2) is 8.75. The molecule has 0 aromatic heterocycles. The molecule has 0 heterocycles. The highest BCUT2D eigenvalue weighted by molar-refractivity contribution is 5.20. The van der Waals surface area contributed by atoms with Crippen LogP contribution in [0.2, 0.25) is 0 Å². The molecule has 1 unspecified atom stereocenters. The monoisotopic (exact) mass is 298 g/mol. The van der Waals surface area contributed by atoms with Gasteiger partial charge in [0.15, 0.2) is 0 Å². The summed E-state index contributed by atoms with van der Waals surface area (Å²) in [6.45, 7) is 0. The summed E-state index contributed by atoms with van der Waals surface area (Å²) in [5.74, 6) is 2.85. The summed E-state index contributed by atoms with van der Waals surface area (Å²) in [6, 6.07) is 11.4.